The number of carbonyl (C=O) groups is 1. The van der Waals surface area contributed by atoms with E-state index in [-0.39, 0.29) is 18.5 Å². The van der Waals surface area contributed by atoms with E-state index < -0.39 is 5.97 Å². The van der Waals surface area contributed by atoms with Gasteiger partial charge in [0, 0.05) is 17.1 Å². The Morgan fingerprint density at radius 1 is 1.61 bits per heavy atom. The zero-order valence-electron chi connectivity index (χ0n) is 10.5. The summed E-state index contributed by atoms with van der Waals surface area (Å²) in [7, 11) is 0. The molecule has 0 aromatic heterocycles. The van der Waals surface area contributed by atoms with Crippen molar-refractivity contribution in [2.24, 2.45) is 0 Å². The van der Waals surface area contributed by atoms with Gasteiger partial charge in [-0.3, -0.25) is 9.69 Å². The number of hydrogen-bond acceptors (Lipinski definition) is 2. The minimum atomic E-state index is -0.717. The van der Waals surface area contributed by atoms with Crippen molar-refractivity contribution < 1.29 is 9.90 Å². The van der Waals surface area contributed by atoms with E-state index in [1.807, 2.05) is 24.3 Å². The van der Waals surface area contributed by atoms with Gasteiger partial charge in [0.05, 0.1) is 6.42 Å². The van der Waals surface area contributed by atoms with E-state index in [1.165, 1.54) is 0 Å². The van der Waals surface area contributed by atoms with E-state index in [2.05, 4.69) is 11.8 Å². The maximum atomic E-state index is 10.9. The topological polar surface area (TPSA) is 40.5 Å². The molecule has 1 heterocycles. The highest BCUT2D eigenvalue weighted by Crippen LogP contribution is 2.31. The van der Waals surface area contributed by atoms with Crippen LogP contribution in [0.4, 0.5) is 0 Å². The molecular formula is C14H18ClNO2. The molecule has 2 atom stereocenters. The zero-order valence-corrected chi connectivity index (χ0v) is 11.2. The van der Waals surface area contributed by atoms with Crippen LogP contribution < -0.4 is 0 Å². The largest absolute Gasteiger partial charge is 0.481 e. The van der Waals surface area contributed by atoms with Gasteiger partial charge in [0.2, 0.25) is 0 Å². The summed E-state index contributed by atoms with van der Waals surface area (Å²) in [6, 6.07) is 8.18. The summed E-state index contributed by atoms with van der Waals surface area (Å²) in [5.74, 6) is -0.717. The van der Waals surface area contributed by atoms with Gasteiger partial charge in [-0.15, -0.1) is 0 Å². The van der Waals surface area contributed by atoms with Crippen LogP contribution in [0.2, 0.25) is 5.02 Å². The Morgan fingerprint density at radius 2 is 2.39 bits per heavy atom. The van der Waals surface area contributed by atoms with Gasteiger partial charge in [0.25, 0.3) is 0 Å². The first-order chi connectivity index (χ1) is 8.58. The van der Waals surface area contributed by atoms with Gasteiger partial charge in [-0.2, -0.15) is 0 Å². The molecule has 2 unspecified atom stereocenters. The Labute approximate surface area is 112 Å². The third-order valence-electron chi connectivity index (χ3n) is 3.66. The maximum absolute atomic E-state index is 10.9. The number of likely N-dealkylation sites (tertiary alicyclic amines) is 1. The number of carboxylic acids is 1. The minimum absolute atomic E-state index is 0.150. The number of hydrogen-bond donors (Lipinski definition) is 1. The van der Waals surface area contributed by atoms with Crippen LogP contribution >= 0.6 is 11.6 Å². The lowest BCUT2D eigenvalue weighted by Gasteiger charge is -2.30. The number of halogens is 1. The fraction of sp³-hybridized carbons (Fsp3) is 0.500. The molecule has 0 radical (unpaired) electrons. The number of nitrogens with zero attached hydrogens (tertiary/aromatic N) is 1. The van der Waals surface area contributed by atoms with E-state index in [1.54, 1.807) is 0 Å². The summed E-state index contributed by atoms with van der Waals surface area (Å²) in [6.45, 7) is 3.08. The molecule has 1 aromatic rings. The molecule has 1 saturated heterocycles. The van der Waals surface area contributed by atoms with Gasteiger partial charge in [-0.05, 0) is 44.0 Å². The molecule has 0 amide bonds. The lowest BCUT2D eigenvalue weighted by molar-refractivity contribution is -0.138. The van der Waals surface area contributed by atoms with Crippen LogP contribution in [0.25, 0.3) is 0 Å². The van der Waals surface area contributed by atoms with Crippen molar-refractivity contribution in [1.82, 2.24) is 4.90 Å². The molecule has 1 fully saturated rings. The fourth-order valence-corrected chi connectivity index (χ4v) is 2.95. The SMILES string of the molecule is CC(c1cccc(Cl)c1)N1CCCC1CC(=O)O. The first kappa shape index (κ1) is 13.4. The van der Waals surface area contributed by atoms with Gasteiger partial charge < -0.3 is 5.11 Å². The van der Waals surface area contributed by atoms with E-state index >= 15 is 0 Å². The highest BCUT2D eigenvalue weighted by Gasteiger charge is 2.30. The van der Waals surface area contributed by atoms with Crippen molar-refractivity contribution in [3.63, 3.8) is 0 Å². The second kappa shape index (κ2) is 5.72. The van der Waals surface area contributed by atoms with Crippen molar-refractivity contribution in [3.05, 3.63) is 34.9 Å². The summed E-state index contributed by atoms with van der Waals surface area (Å²) in [5.41, 5.74) is 1.15. The van der Waals surface area contributed by atoms with Crippen LogP contribution in [0.1, 0.15) is 37.8 Å². The van der Waals surface area contributed by atoms with E-state index in [4.69, 9.17) is 16.7 Å². The van der Waals surface area contributed by atoms with Crippen molar-refractivity contribution in [1.29, 1.82) is 0 Å². The first-order valence-corrected chi connectivity index (χ1v) is 6.68. The van der Waals surface area contributed by atoms with Crippen LogP contribution in [0, 0.1) is 0 Å². The first-order valence-electron chi connectivity index (χ1n) is 6.31. The summed E-state index contributed by atoms with van der Waals surface area (Å²) in [4.78, 5) is 13.1. The van der Waals surface area contributed by atoms with Crippen LogP contribution in [0.3, 0.4) is 0 Å². The molecule has 3 nitrogen and oxygen atoms in total. The van der Waals surface area contributed by atoms with Crippen LogP contribution in [-0.2, 0) is 4.79 Å². The minimum Gasteiger partial charge on any atom is -0.481 e. The molecule has 1 aromatic carbocycles. The van der Waals surface area contributed by atoms with Gasteiger partial charge >= 0.3 is 5.97 Å². The fourth-order valence-electron chi connectivity index (χ4n) is 2.75. The summed E-state index contributed by atoms with van der Waals surface area (Å²) >= 11 is 6.00. The third-order valence-corrected chi connectivity index (χ3v) is 3.90. The molecule has 0 saturated carbocycles. The summed E-state index contributed by atoms with van der Waals surface area (Å²) < 4.78 is 0. The smallest absolute Gasteiger partial charge is 0.304 e. The second-order valence-electron chi connectivity index (χ2n) is 4.86. The Bertz CT molecular complexity index is 436. The Hall–Kier alpha value is -1.06. The Kier molecular flexibility index (Phi) is 4.25. The van der Waals surface area contributed by atoms with Gasteiger partial charge in [0.15, 0.2) is 0 Å². The van der Waals surface area contributed by atoms with Gasteiger partial charge in [-0.25, -0.2) is 0 Å². The second-order valence-corrected chi connectivity index (χ2v) is 5.30. The number of carboxylic acid groups (broad SMARTS) is 1. The standard InChI is InChI=1S/C14H18ClNO2/c1-10(11-4-2-5-12(15)8-11)16-7-3-6-13(16)9-14(17)18/h2,4-5,8,10,13H,3,6-7,9H2,1H3,(H,17,18). The van der Waals surface area contributed by atoms with Gasteiger partial charge in [-0.1, -0.05) is 23.7 Å². The van der Waals surface area contributed by atoms with Crippen LogP contribution in [0.5, 0.6) is 0 Å². The van der Waals surface area contributed by atoms with E-state index in [0.717, 1.165) is 30.0 Å². The molecule has 0 spiro atoms. The van der Waals surface area contributed by atoms with Crippen LogP contribution in [0.15, 0.2) is 24.3 Å². The summed E-state index contributed by atoms with van der Waals surface area (Å²) in [5, 5.41) is 9.67. The monoisotopic (exact) mass is 267 g/mol. The number of benzene rings is 1. The predicted octanol–water partition coefficient (Wildman–Crippen LogP) is 3.34. The van der Waals surface area contributed by atoms with Gasteiger partial charge in [0.1, 0.15) is 0 Å². The molecule has 1 aliphatic heterocycles. The molecule has 0 aliphatic carbocycles. The molecule has 4 heteroatoms. The van der Waals surface area contributed by atoms with E-state index in [9.17, 15) is 4.79 Å². The molecule has 98 valence electrons. The normalized spacial score (nSPS) is 22.0. The van der Waals surface area contributed by atoms with Crippen molar-refractivity contribution >= 4 is 17.6 Å². The number of aliphatic carboxylic acids is 1. The zero-order chi connectivity index (χ0) is 13.1. The third kappa shape index (κ3) is 3.03. The maximum Gasteiger partial charge on any atom is 0.304 e. The molecule has 2 rings (SSSR count). The van der Waals surface area contributed by atoms with Crippen molar-refractivity contribution in [3.8, 4) is 0 Å². The predicted molar refractivity (Wildman–Crippen MR) is 71.8 cm³/mol. The Balaban J connectivity index is 2.12. The quantitative estimate of drug-likeness (QED) is 0.910. The Morgan fingerprint density at radius 3 is 3.06 bits per heavy atom. The molecule has 18 heavy (non-hydrogen) atoms. The summed E-state index contributed by atoms with van der Waals surface area (Å²) in [6.07, 6.45) is 2.27. The van der Waals surface area contributed by atoms with Crippen LogP contribution in [-0.4, -0.2) is 28.6 Å². The molecule has 1 N–H and O–H groups in total. The lowest BCUT2D eigenvalue weighted by atomic mass is 10.0. The average molecular weight is 268 g/mol. The van der Waals surface area contributed by atoms with Crippen molar-refractivity contribution in [2.45, 2.75) is 38.3 Å². The molecular weight excluding hydrogens is 250 g/mol. The highest BCUT2D eigenvalue weighted by molar-refractivity contribution is 6.30. The highest BCUT2D eigenvalue weighted by atomic mass is 35.5. The average Bonchev–Trinajstić information content (AvgIpc) is 2.75. The molecule has 0 bridgehead atoms. The van der Waals surface area contributed by atoms with E-state index in [0.29, 0.717) is 0 Å². The number of rotatable bonds is 4. The lowest BCUT2D eigenvalue weighted by Crippen LogP contribution is -2.33. The molecule has 1 aliphatic rings. The van der Waals surface area contributed by atoms with Crippen molar-refractivity contribution in [2.75, 3.05) is 6.54 Å².